The average Bonchev–Trinajstić information content (AvgIpc) is 2.55. The number of halogens is 1. The molecule has 0 radical (unpaired) electrons. The van der Waals surface area contributed by atoms with Crippen molar-refractivity contribution < 1.29 is 13.9 Å². The zero-order chi connectivity index (χ0) is 15.5. The summed E-state index contributed by atoms with van der Waals surface area (Å²) in [6, 6.07) is 14.2. The van der Waals surface area contributed by atoms with Crippen LogP contribution >= 0.6 is 0 Å². The molecular formula is C18H14FNO2. The smallest absolute Gasteiger partial charge is 0.338 e. The van der Waals surface area contributed by atoms with Crippen molar-refractivity contribution in [3.63, 3.8) is 0 Å². The number of hydrogen-bond acceptors (Lipinski definition) is 3. The van der Waals surface area contributed by atoms with Crippen LogP contribution in [0, 0.1) is 5.95 Å². The number of nitrogens with zero attached hydrogens (tertiary/aromatic N) is 1. The number of esters is 1. The predicted molar refractivity (Wildman–Crippen MR) is 83.1 cm³/mol. The Kier molecular flexibility index (Phi) is 3.83. The normalized spacial score (nSPS) is 10.6. The van der Waals surface area contributed by atoms with E-state index in [4.69, 9.17) is 4.74 Å². The van der Waals surface area contributed by atoms with Crippen molar-refractivity contribution in [1.29, 1.82) is 0 Å². The Bertz CT molecular complexity index is 845. The molecule has 2 aromatic carbocycles. The number of carbonyl (C=O) groups excluding carboxylic acids is 1. The average molecular weight is 295 g/mol. The Balaban J connectivity index is 2.25. The predicted octanol–water partition coefficient (Wildman–Crippen LogP) is 4.22. The molecule has 0 aliphatic carbocycles. The summed E-state index contributed by atoms with van der Waals surface area (Å²) >= 11 is 0. The molecule has 3 nitrogen and oxygen atoms in total. The van der Waals surface area contributed by atoms with Crippen LogP contribution in [0.4, 0.5) is 4.39 Å². The van der Waals surface area contributed by atoms with Gasteiger partial charge in [0, 0.05) is 11.8 Å². The summed E-state index contributed by atoms with van der Waals surface area (Å²) in [6.07, 6.45) is 1.41. The first-order valence-electron chi connectivity index (χ1n) is 7.02. The van der Waals surface area contributed by atoms with Gasteiger partial charge >= 0.3 is 5.97 Å². The van der Waals surface area contributed by atoms with Gasteiger partial charge < -0.3 is 4.74 Å². The van der Waals surface area contributed by atoms with E-state index in [2.05, 4.69) is 4.98 Å². The zero-order valence-electron chi connectivity index (χ0n) is 12.0. The van der Waals surface area contributed by atoms with Crippen LogP contribution in [-0.4, -0.2) is 17.6 Å². The fourth-order valence-corrected chi connectivity index (χ4v) is 2.51. The second-order valence-electron chi connectivity index (χ2n) is 4.77. The maximum atomic E-state index is 14.0. The third-order valence-corrected chi connectivity index (χ3v) is 3.47. The SMILES string of the molecule is CCOC(=O)c1ccc(-c2cccnc2F)c2ccccc12. The highest BCUT2D eigenvalue weighted by atomic mass is 19.1. The quantitative estimate of drug-likeness (QED) is 0.536. The molecule has 0 saturated carbocycles. The molecule has 3 aromatic rings. The van der Waals surface area contributed by atoms with Crippen LogP contribution in [0.25, 0.3) is 21.9 Å². The number of carbonyl (C=O) groups is 1. The topological polar surface area (TPSA) is 39.2 Å². The van der Waals surface area contributed by atoms with Crippen LogP contribution in [-0.2, 0) is 4.74 Å². The Labute approximate surface area is 127 Å². The largest absolute Gasteiger partial charge is 0.462 e. The molecule has 0 atom stereocenters. The second-order valence-corrected chi connectivity index (χ2v) is 4.77. The van der Waals surface area contributed by atoms with Crippen LogP contribution in [0.15, 0.2) is 54.7 Å². The lowest BCUT2D eigenvalue weighted by Gasteiger charge is -2.11. The van der Waals surface area contributed by atoms with Crippen molar-refractivity contribution in [2.75, 3.05) is 6.61 Å². The molecule has 1 heterocycles. The number of benzene rings is 2. The molecule has 0 unspecified atom stereocenters. The fraction of sp³-hybridized carbons (Fsp3) is 0.111. The minimum atomic E-state index is -0.531. The number of ether oxygens (including phenoxy) is 1. The van der Waals surface area contributed by atoms with Crippen molar-refractivity contribution in [3.8, 4) is 11.1 Å². The van der Waals surface area contributed by atoms with Gasteiger partial charge in [-0.1, -0.05) is 30.3 Å². The van der Waals surface area contributed by atoms with Crippen LogP contribution in [0.2, 0.25) is 0 Å². The van der Waals surface area contributed by atoms with Crippen LogP contribution < -0.4 is 0 Å². The zero-order valence-corrected chi connectivity index (χ0v) is 12.0. The van der Waals surface area contributed by atoms with Crippen LogP contribution in [0.1, 0.15) is 17.3 Å². The lowest BCUT2D eigenvalue weighted by Crippen LogP contribution is -2.05. The maximum Gasteiger partial charge on any atom is 0.338 e. The Morgan fingerprint density at radius 1 is 1.05 bits per heavy atom. The van der Waals surface area contributed by atoms with E-state index in [0.717, 1.165) is 10.8 Å². The Morgan fingerprint density at radius 3 is 2.55 bits per heavy atom. The van der Waals surface area contributed by atoms with Crippen molar-refractivity contribution in [2.24, 2.45) is 0 Å². The number of fused-ring (bicyclic) bond motifs is 1. The molecule has 0 N–H and O–H groups in total. The first kappa shape index (κ1) is 14.2. The molecule has 1 aromatic heterocycles. The van der Waals surface area contributed by atoms with Gasteiger partial charge in [0.2, 0.25) is 5.95 Å². The summed E-state index contributed by atoms with van der Waals surface area (Å²) in [5.74, 6) is -0.909. The van der Waals surface area contributed by atoms with Gasteiger partial charge in [-0.05, 0) is 41.5 Å². The highest BCUT2D eigenvalue weighted by molar-refractivity contribution is 6.09. The monoisotopic (exact) mass is 295 g/mol. The summed E-state index contributed by atoms with van der Waals surface area (Å²) in [6.45, 7) is 2.08. The van der Waals surface area contributed by atoms with Gasteiger partial charge in [-0.15, -0.1) is 0 Å². The van der Waals surface area contributed by atoms with E-state index in [9.17, 15) is 9.18 Å². The number of rotatable bonds is 3. The molecule has 0 saturated heterocycles. The highest BCUT2D eigenvalue weighted by Crippen LogP contribution is 2.32. The molecule has 22 heavy (non-hydrogen) atoms. The number of pyridine rings is 1. The molecule has 4 heteroatoms. The first-order chi connectivity index (χ1) is 10.7. The lowest BCUT2D eigenvalue weighted by molar-refractivity contribution is 0.0528. The Morgan fingerprint density at radius 2 is 1.82 bits per heavy atom. The van der Waals surface area contributed by atoms with Crippen molar-refractivity contribution >= 4 is 16.7 Å². The van der Waals surface area contributed by atoms with Gasteiger partial charge in [-0.2, -0.15) is 4.39 Å². The van der Waals surface area contributed by atoms with Gasteiger partial charge in [0.25, 0.3) is 0 Å². The van der Waals surface area contributed by atoms with Crippen molar-refractivity contribution in [2.45, 2.75) is 6.92 Å². The summed E-state index contributed by atoms with van der Waals surface area (Å²) in [5.41, 5.74) is 1.59. The standard InChI is InChI=1S/C18H14FNO2/c1-2-22-18(21)16-10-9-14(12-6-3-4-7-13(12)16)15-8-5-11-20-17(15)19/h3-11H,2H2,1H3. The van der Waals surface area contributed by atoms with E-state index in [1.807, 2.05) is 24.3 Å². The molecular weight excluding hydrogens is 281 g/mol. The van der Waals surface area contributed by atoms with Crippen molar-refractivity contribution in [3.05, 3.63) is 66.2 Å². The molecule has 0 amide bonds. The Hall–Kier alpha value is -2.75. The van der Waals surface area contributed by atoms with Crippen LogP contribution in [0.3, 0.4) is 0 Å². The number of aromatic nitrogens is 1. The first-order valence-corrected chi connectivity index (χ1v) is 7.02. The maximum absolute atomic E-state index is 14.0. The highest BCUT2D eigenvalue weighted by Gasteiger charge is 2.15. The van der Waals surface area contributed by atoms with Crippen molar-refractivity contribution in [1.82, 2.24) is 4.98 Å². The molecule has 0 bridgehead atoms. The van der Waals surface area contributed by atoms with E-state index in [1.165, 1.54) is 6.20 Å². The van der Waals surface area contributed by atoms with E-state index >= 15 is 0 Å². The summed E-state index contributed by atoms with van der Waals surface area (Å²) < 4.78 is 19.1. The summed E-state index contributed by atoms with van der Waals surface area (Å²) in [4.78, 5) is 15.8. The fourth-order valence-electron chi connectivity index (χ4n) is 2.51. The lowest BCUT2D eigenvalue weighted by atomic mass is 9.95. The third-order valence-electron chi connectivity index (χ3n) is 3.47. The molecule has 0 spiro atoms. The molecule has 110 valence electrons. The third kappa shape index (κ3) is 2.44. The minimum Gasteiger partial charge on any atom is -0.462 e. The van der Waals surface area contributed by atoms with E-state index in [0.29, 0.717) is 23.3 Å². The molecule has 0 aliphatic rings. The van der Waals surface area contributed by atoms with Gasteiger partial charge in [-0.25, -0.2) is 9.78 Å². The summed E-state index contributed by atoms with van der Waals surface area (Å²) in [5, 5.41) is 1.53. The molecule has 0 fully saturated rings. The van der Waals surface area contributed by atoms with Gasteiger partial charge in [0.15, 0.2) is 0 Å². The van der Waals surface area contributed by atoms with Gasteiger partial charge in [0.05, 0.1) is 12.2 Å². The van der Waals surface area contributed by atoms with Gasteiger partial charge in [0.1, 0.15) is 0 Å². The summed E-state index contributed by atoms with van der Waals surface area (Å²) in [7, 11) is 0. The number of hydrogen-bond donors (Lipinski definition) is 0. The molecule has 0 aliphatic heterocycles. The minimum absolute atomic E-state index is 0.312. The van der Waals surface area contributed by atoms with E-state index in [1.54, 1.807) is 31.2 Å². The van der Waals surface area contributed by atoms with Gasteiger partial charge in [-0.3, -0.25) is 0 Å². The molecule has 3 rings (SSSR count). The van der Waals surface area contributed by atoms with Crippen LogP contribution in [0.5, 0.6) is 0 Å². The second kappa shape index (κ2) is 5.93. The van der Waals surface area contributed by atoms with E-state index < -0.39 is 5.95 Å². The van der Waals surface area contributed by atoms with E-state index in [-0.39, 0.29) is 5.97 Å².